The summed E-state index contributed by atoms with van der Waals surface area (Å²) in [6.45, 7) is 3.29. The SMILES string of the molecule is CCCCCCCCCOCC/C=C/CCCCCCC(=O)OC(CO)CO. The summed E-state index contributed by atoms with van der Waals surface area (Å²) >= 11 is 0. The second-order valence-electron chi connectivity index (χ2n) is 7.42. The number of carbonyl (C=O) groups is 1. The molecule has 28 heavy (non-hydrogen) atoms. The number of aliphatic hydroxyl groups excluding tert-OH is 2. The molecule has 0 heterocycles. The number of aliphatic hydroxyl groups is 2. The van der Waals surface area contributed by atoms with Crippen LogP contribution in [-0.2, 0) is 14.3 Å². The third-order valence-corrected chi connectivity index (χ3v) is 4.69. The van der Waals surface area contributed by atoms with Crippen molar-refractivity contribution in [1.29, 1.82) is 0 Å². The lowest BCUT2D eigenvalue weighted by atomic mass is 10.1. The van der Waals surface area contributed by atoms with Crippen molar-refractivity contribution in [2.75, 3.05) is 26.4 Å². The molecular formula is C23H44O5. The molecule has 0 saturated carbocycles. The van der Waals surface area contributed by atoms with Crippen LogP contribution in [0.3, 0.4) is 0 Å². The van der Waals surface area contributed by atoms with E-state index in [4.69, 9.17) is 19.7 Å². The number of rotatable bonds is 21. The Balaban J connectivity index is 3.25. The van der Waals surface area contributed by atoms with Gasteiger partial charge in [0.2, 0.25) is 0 Å². The molecule has 0 rings (SSSR count). The number of carbonyl (C=O) groups excluding carboxylic acids is 1. The minimum Gasteiger partial charge on any atom is -0.457 e. The number of hydrogen-bond acceptors (Lipinski definition) is 5. The monoisotopic (exact) mass is 400 g/mol. The van der Waals surface area contributed by atoms with E-state index in [9.17, 15) is 4.79 Å². The van der Waals surface area contributed by atoms with Gasteiger partial charge in [0, 0.05) is 13.0 Å². The van der Waals surface area contributed by atoms with Gasteiger partial charge in [-0.2, -0.15) is 0 Å². The van der Waals surface area contributed by atoms with E-state index in [0.717, 1.165) is 51.7 Å². The number of unbranched alkanes of at least 4 members (excludes halogenated alkanes) is 10. The molecule has 2 N–H and O–H groups in total. The van der Waals surface area contributed by atoms with Crippen LogP contribution < -0.4 is 0 Å². The Bertz CT molecular complexity index is 353. The number of ether oxygens (including phenoxy) is 2. The molecule has 0 fully saturated rings. The van der Waals surface area contributed by atoms with Crippen molar-refractivity contribution in [3.8, 4) is 0 Å². The Hall–Kier alpha value is -0.910. The van der Waals surface area contributed by atoms with Crippen LogP contribution in [0, 0.1) is 0 Å². The predicted molar refractivity (Wildman–Crippen MR) is 114 cm³/mol. The third-order valence-electron chi connectivity index (χ3n) is 4.69. The van der Waals surface area contributed by atoms with Gasteiger partial charge >= 0.3 is 5.97 Å². The first-order chi connectivity index (χ1) is 13.7. The Morgan fingerprint density at radius 3 is 2.11 bits per heavy atom. The lowest BCUT2D eigenvalue weighted by molar-refractivity contribution is -0.153. The first-order valence-corrected chi connectivity index (χ1v) is 11.4. The van der Waals surface area contributed by atoms with Gasteiger partial charge in [0.05, 0.1) is 19.8 Å². The fourth-order valence-corrected chi connectivity index (χ4v) is 2.91. The van der Waals surface area contributed by atoms with Gasteiger partial charge in [-0.05, 0) is 32.1 Å². The summed E-state index contributed by atoms with van der Waals surface area (Å²) in [5, 5.41) is 17.7. The van der Waals surface area contributed by atoms with Crippen LogP contribution in [-0.4, -0.2) is 48.7 Å². The Labute approximate surface area is 172 Å². The summed E-state index contributed by atoms with van der Waals surface area (Å²) in [7, 11) is 0. The van der Waals surface area contributed by atoms with E-state index in [2.05, 4.69) is 19.1 Å². The largest absolute Gasteiger partial charge is 0.457 e. The fourth-order valence-electron chi connectivity index (χ4n) is 2.91. The molecule has 5 heteroatoms. The average Bonchev–Trinajstić information content (AvgIpc) is 2.71. The average molecular weight is 401 g/mol. The van der Waals surface area contributed by atoms with Gasteiger partial charge in [-0.25, -0.2) is 0 Å². The van der Waals surface area contributed by atoms with E-state index in [0.29, 0.717) is 6.42 Å². The molecule has 0 unspecified atom stereocenters. The van der Waals surface area contributed by atoms with Crippen LogP contribution in [0.2, 0.25) is 0 Å². The highest BCUT2D eigenvalue weighted by molar-refractivity contribution is 5.69. The topological polar surface area (TPSA) is 76.0 Å². The highest BCUT2D eigenvalue weighted by atomic mass is 16.6. The second-order valence-corrected chi connectivity index (χ2v) is 7.42. The summed E-state index contributed by atoms with van der Waals surface area (Å²) in [5.74, 6) is -0.343. The summed E-state index contributed by atoms with van der Waals surface area (Å²) in [6, 6.07) is 0. The van der Waals surface area contributed by atoms with E-state index in [1.807, 2.05) is 0 Å². The molecule has 0 aromatic rings. The van der Waals surface area contributed by atoms with Crippen LogP contribution in [0.4, 0.5) is 0 Å². The summed E-state index contributed by atoms with van der Waals surface area (Å²) in [6.07, 6.45) is 19.3. The molecule has 0 atom stereocenters. The highest BCUT2D eigenvalue weighted by Crippen LogP contribution is 2.08. The molecule has 0 saturated heterocycles. The maximum Gasteiger partial charge on any atom is 0.306 e. The minimum atomic E-state index is -0.780. The Kier molecular flexibility index (Phi) is 21.7. The maximum absolute atomic E-state index is 11.5. The van der Waals surface area contributed by atoms with Crippen molar-refractivity contribution in [3.05, 3.63) is 12.2 Å². The molecule has 0 aromatic carbocycles. The Morgan fingerprint density at radius 1 is 0.786 bits per heavy atom. The van der Waals surface area contributed by atoms with Crippen molar-refractivity contribution < 1.29 is 24.5 Å². The van der Waals surface area contributed by atoms with Crippen LogP contribution >= 0.6 is 0 Å². The molecule has 0 radical (unpaired) electrons. The predicted octanol–water partition coefficient (Wildman–Crippen LogP) is 4.94. The zero-order valence-corrected chi connectivity index (χ0v) is 18.1. The molecule has 0 spiro atoms. The zero-order valence-electron chi connectivity index (χ0n) is 18.1. The van der Waals surface area contributed by atoms with Crippen molar-refractivity contribution in [3.63, 3.8) is 0 Å². The van der Waals surface area contributed by atoms with E-state index in [-0.39, 0.29) is 19.2 Å². The van der Waals surface area contributed by atoms with Crippen molar-refractivity contribution >= 4 is 5.97 Å². The van der Waals surface area contributed by atoms with Gasteiger partial charge in [-0.3, -0.25) is 4.79 Å². The molecule has 0 bridgehead atoms. The van der Waals surface area contributed by atoms with E-state index < -0.39 is 6.10 Å². The first-order valence-electron chi connectivity index (χ1n) is 11.4. The normalized spacial score (nSPS) is 11.6. The smallest absolute Gasteiger partial charge is 0.306 e. The van der Waals surface area contributed by atoms with Crippen molar-refractivity contribution in [2.24, 2.45) is 0 Å². The van der Waals surface area contributed by atoms with Crippen LogP contribution in [0.5, 0.6) is 0 Å². The number of allylic oxidation sites excluding steroid dienone is 1. The lowest BCUT2D eigenvalue weighted by Gasteiger charge is -2.12. The van der Waals surface area contributed by atoms with Gasteiger partial charge in [0.15, 0.2) is 0 Å². The number of hydrogen-bond donors (Lipinski definition) is 2. The van der Waals surface area contributed by atoms with Gasteiger partial charge < -0.3 is 19.7 Å². The maximum atomic E-state index is 11.5. The summed E-state index contributed by atoms with van der Waals surface area (Å²) in [4.78, 5) is 11.5. The third kappa shape index (κ3) is 19.8. The summed E-state index contributed by atoms with van der Waals surface area (Å²) in [5.41, 5.74) is 0. The van der Waals surface area contributed by atoms with Crippen LogP contribution in [0.1, 0.15) is 96.8 Å². The van der Waals surface area contributed by atoms with Gasteiger partial charge in [0.1, 0.15) is 6.10 Å². The minimum absolute atomic E-state index is 0.335. The molecule has 166 valence electrons. The van der Waals surface area contributed by atoms with Crippen LogP contribution in [0.15, 0.2) is 12.2 Å². The molecule has 5 nitrogen and oxygen atoms in total. The quantitative estimate of drug-likeness (QED) is 0.162. The highest BCUT2D eigenvalue weighted by Gasteiger charge is 2.11. The van der Waals surface area contributed by atoms with E-state index >= 15 is 0 Å². The van der Waals surface area contributed by atoms with Gasteiger partial charge in [-0.15, -0.1) is 0 Å². The van der Waals surface area contributed by atoms with E-state index in [1.54, 1.807) is 0 Å². The van der Waals surface area contributed by atoms with Crippen molar-refractivity contribution in [2.45, 2.75) is 103 Å². The van der Waals surface area contributed by atoms with Crippen molar-refractivity contribution in [1.82, 2.24) is 0 Å². The number of esters is 1. The lowest BCUT2D eigenvalue weighted by Crippen LogP contribution is -2.25. The standard InChI is InChI=1S/C23H44O5/c1-2-3-4-5-9-12-15-18-27-19-16-13-10-7-6-8-11-14-17-23(26)28-22(20-24)21-25/h10,13,22,24-25H,2-9,11-12,14-21H2,1H3/b13-10+. The zero-order chi connectivity index (χ0) is 20.7. The molecule has 0 aliphatic carbocycles. The summed E-state index contributed by atoms with van der Waals surface area (Å²) < 4.78 is 10.6. The molecule has 0 amide bonds. The Morgan fingerprint density at radius 2 is 1.39 bits per heavy atom. The molecule has 0 aliphatic heterocycles. The van der Waals surface area contributed by atoms with E-state index in [1.165, 1.54) is 44.9 Å². The molecule has 0 aromatic heterocycles. The van der Waals surface area contributed by atoms with Crippen LogP contribution in [0.25, 0.3) is 0 Å². The second kappa shape index (κ2) is 22.4. The first kappa shape index (κ1) is 27.1. The fraction of sp³-hybridized carbons (Fsp3) is 0.870. The molecule has 0 aliphatic rings. The van der Waals surface area contributed by atoms with Gasteiger partial charge in [-0.1, -0.05) is 70.4 Å². The van der Waals surface area contributed by atoms with Gasteiger partial charge in [0.25, 0.3) is 0 Å². The molecular weight excluding hydrogens is 356 g/mol.